The van der Waals surface area contributed by atoms with Gasteiger partial charge in [0.25, 0.3) is 0 Å². The number of carboxylic acids is 1. The molecule has 0 fully saturated rings. The zero-order valence-electron chi connectivity index (χ0n) is 13.2. The third kappa shape index (κ3) is 3.61. The molecule has 1 heterocycles. The zero-order valence-corrected chi connectivity index (χ0v) is 13.2. The van der Waals surface area contributed by atoms with Crippen molar-refractivity contribution >= 4 is 11.8 Å². The van der Waals surface area contributed by atoms with E-state index in [4.69, 9.17) is 5.11 Å². The zero-order chi connectivity index (χ0) is 16.1. The number of aryl methyl sites for hydroxylation is 1. The van der Waals surface area contributed by atoms with Gasteiger partial charge >= 0.3 is 5.97 Å². The van der Waals surface area contributed by atoms with Crippen molar-refractivity contribution in [3.8, 4) is 11.3 Å². The molecule has 22 heavy (non-hydrogen) atoms. The Balaban J connectivity index is 2.27. The van der Waals surface area contributed by atoms with Gasteiger partial charge in [-0.05, 0) is 18.1 Å². The van der Waals surface area contributed by atoms with E-state index in [0.29, 0.717) is 12.4 Å². The van der Waals surface area contributed by atoms with Gasteiger partial charge in [-0.15, -0.1) is 10.2 Å². The summed E-state index contributed by atoms with van der Waals surface area (Å²) < 4.78 is 0. The summed E-state index contributed by atoms with van der Waals surface area (Å²) >= 11 is 0. The molecular weight excluding hydrogens is 278 g/mol. The Bertz CT molecular complexity index is 644. The molecule has 116 valence electrons. The Labute approximate surface area is 130 Å². The van der Waals surface area contributed by atoms with Crippen LogP contribution < -0.4 is 4.90 Å². The van der Waals surface area contributed by atoms with Gasteiger partial charge in [-0.2, -0.15) is 0 Å². The van der Waals surface area contributed by atoms with E-state index in [1.54, 1.807) is 6.92 Å². The van der Waals surface area contributed by atoms with Gasteiger partial charge in [-0.25, -0.2) is 0 Å². The first-order valence-electron chi connectivity index (χ1n) is 7.38. The second kappa shape index (κ2) is 7.02. The molecule has 0 radical (unpaired) electrons. The molecule has 2 rings (SSSR count). The van der Waals surface area contributed by atoms with Crippen molar-refractivity contribution in [3.63, 3.8) is 0 Å². The minimum Gasteiger partial charge on any atom is -0.481 e. The lowest BCUT2D eigenvalue weighted by molar-refractivity contribution is -0.140. The van der Waals surface area contributed by atoms with Crippen LogP contribution in [0.4, 0.5) is 5.82 Å². The van der Waals surface area contributed by atoms with Crippen LogP contribution in [0.1, 0.15) is 19.4 Å². The van der Waals surface area contributed by atoms with Crippen LogP contribution in [0.3, 0.4) is 0 Å². The van der Waals surface area contributed by atoms with Gasteiger partial charge in [0.05, 0.1) is 11.6 Å². The molecule has 1 N–H and O–H groups in total. The minimum absolute atomic E-state index is 0.401. The topological polar surface area (TPSA) is 66.3 Å². The number of aliphatic carboxylic acids is 1. The Kier molecular flexibility index (Phi) is 5.09. The molecule has 5 nitrogen and oxygen atoms in total. The highest BCUT2D eigenvalue weighted by Crippen LogP contribution is 2.24. The van der Waals surface area contributed by atoms with Gasteiger partial charge in [-0.1, -0.05) is 44.2 Å². The van der Waals surface area contributed by atoms with E-state index >= 15 is 0 Å². The summed E-state index contributed by atoms with van der Waals surface area (Å²) in [5.41, 5.74) is 3.03. The maximum absolute atomic E-state index is 11.0. The Hall–Kier alpha value is -2.43. The second-order valence-electron chi connectivity index (χ2n) is 5.42. The van der Waals surface area contributed by atoms with Crippen LogP contribution >= 0.6 is 0 Å². The van der Waals surface area contributed by atoms with Crippen molar-refractivity contribution < 1.29 is 9.90 Å². The van der Waals surface area contributed by atoms with Crippen molar-refractivity contribution in [2.75, 3.05) is 18.5 Å². The van der Waals surface area contributed by atoms with Crippen LogP contribution in [0, 0.1) is 5.92 Å². The minimum atomic E-state index is -0.809. The molecule has 0 aliphatic carbocycles. The third-order valence-corrected chi connectivity index (χ3v) is 3.65. The van der Waals surface area contributed by atoms with E-state index in [0.717, 1.165) is 23.2 Å². The lowest BCUT2D eigenvalue weighted by Crippen LogP contribution is -2.29. The number of nitrogens with zero attached hydrogens (tertiary/aromatic N) is 3. The van der Waals surface area contributed by atoms with Gasteiger partial charge in [-0.3, -0.25) is 4.79 Å². The number of carboxylic acid groups (broad SMARTS) is 1. The molecule has 0 aliphatic heterocycles. The highest BCUT2D eigenvalue weighted by molar-refractivity contribution is 5.70. The summed E-state index contributed by atoms with van der Waals surface area (Å²) in [6.07, 6.45) is 0.842. The fourth-order valence-corrected chi connectivity index (χ4v) is 2.30. The molecule has 0 spiro atoms. The average Bonchev–Trinajstić information content (AvgIpc) is 2.54. The number of hydrogen-bond acceptors (Lipinski definition) is 4. The number of anilines is 1. The van der Waals surface area contributed by atoms with Gasteiger partial charge in [0.1, 0.15) is 0 Å². The Morgan fingerprint density at radius 2 is 1.95 bits per heavy atom. The van der Waals surface area contributed by atoms with E-state index in [9.17, 15) is 4.79 Å². The van der Waals surface area contributed by atoms with Crippen molar-refractivity contribution in [1.29, 1.82) is 0 Å². The lowest BCUT2D eigenvalue weighted by atomic mass is 10.0. The second-order valence-corrected chi connectivity index (χ2v) is 5.42. The van der Waals surface area contributed by atoms with Gasteiger partial charge in [0.2, 0.25) is 0 Å². The molecular formula is C17H21N3O2. The number of rotatable bonds is 6. The van der Waals surface area contributed by atoms with Crippen LogP contribution in [0.25, 0.3) is 11.3 Å². The van der Waals surface area contributed by atoms with Crippen molar-refractivity contribution in [3.05, 3.63) is 42.0 Å². The maximum Gasteiger partial charge on any atom is 0.308 e. The monoisotopic (exact) mass is 299 g/mol. The van der Waals surface area contributed by atoms with Crippen molar-refractivity contribution in [2.24, 2.45) is 5.92 Å². The van der Waals surface area contributed by atoms with Gasteiger partial charge in [0, 0.05) is 19.2 Å². The first kappa shape index (κ1) is 15.9. The summed E-state index contributed by atoms with van der Waals surface area (Å²) in [6.45, 7) is 4.16. The highest BCUT2D eigenvalue weighted by atomic mass is 16.4. The van der Waals surface area contributed by atoms with Crippen LogP contribution in [0.2, 0.25) is 0 Å². The normalized spacial score (nSPS) is 12.0. The van der Waals surface area contributed by atoms with E-state index in [1.807, 2.05) is 48.3 Å². The quantitative estimate of drug-likeness (QED) is 0.888. The van der Waals surface area contributed by atoms with E-state index in [-0.39, 0.29) is 0 Å². The predicted molar refractivity (Wildman–Crippen MR) is 86.9 cm³/mol. The first-order chi connectivity index (χ1) is 10.5. The summed E-state index contributed by atoms with van der Waals surface area (Å²) in [6, 6.07) is 11.9. The molecule has 1 aromatic heterocycles. The molecule has 0 bridgehead atoms. The first-order valence-corrected chi connectivity index (χ1v) is 7.38. The van der Waals surface area contributed by atoms with Crippen LogP contribution in [-0.2, 0) is 11.2 Å². The summed E-state index contributed by atoms with van der Waals surface area (Å²) in [5.74, 6) is -0.563. The fourth-order valence-electron chi connectivity index (χ4n) is 2.30. The molecule has 2 aromatic rings. The van der Waals surface area contributed by atoms with E-state index in [1.165, 1.54) is 0 Å². The van der Waals surface area contributed by atoms with Crippen LogP contribution in [0.15, 0.2) is 36.4 Å². The maximum atomic E-state index is 11.0. The number of benzene rings is 1. The number of aromatic nitrogens is 2. The van der Waals surface area contributed by atoms with E-state index in [2.05, 4.69) is 17.1 Å². The standard InChI is InChI=1S/C17H21N3O2/c1-4-13-10-15(20(3)11-12(2)17(21)22)18-19-16(13)14-8-6-5-7-9-14/h5-10,12H,4,11H2,1-3H3,(H,21,22). The smallest absolute Gasteiger partial charge is 0.308 e. The largest absolute Gasteiger partial charge is 0.481 e. The Morgan fingerprint density at radius 1 is 1.27 bits per heavy atom. The van der Waals surface area contributed by atoms with Crippen molar-refractivity contribution in [1.82, 2.24) is 10.2 Å². The average molecular weight is 299 g/mol. The molecule has 0 aliphatic rings. The molecule has 1 unspecified atom stereocenters. The van der Waals surface area contributed by atoms with Crippen LogP contribution in [0.5, 0.6) is 0 Å². The molecule has 5 heteroatoms. The highest BCUT2D eigenvalue weighted by Gasteiger charge is 2.16. The molecule has 0 saturated heterocycles. The van der Waals surface area contributed by atoms with Crippen molar-refractivity contribution in [2.45, 2.75) is 20.3 Å². The fraction of sp³-hybridized carbons (Fsp3) is 0.353. The molecule has 1 atom stereocenters. The molecule has 0 saturated carbocycles. The lowest BCUT2D eigenvalue weighted by Gasteiger charge is -2.21. The predicted octanol–water partition coefficient (Wildman–Crippen LogP) is 2.86. The van der Waals surface area contributed by atoms with Gasteiger partial charge in [0.15, 0.2) is 5.82 Å². The summed E-state index contributed by atoms with van der Waals surface area (Å²) in [5, 5.41) is 17.6. The molecule has 0 amide bonds. The Morgan fingerprint density at radius 3 is 2.55 bits per heavy atom. The molecule has 1 aromatic carbocycles. The third-order valence-electron chi connectivity index (χ3n) is 3.65. The SMILES string of the molecule is CCc1cc(N(C)CC(C)C(=O)O)nnc1-c1ccccc1. The summed E-state index contributed by atoms with van der Waals surface area (Å²) in [7, 11) is 1.84. The summed E-state index contributed by atoms with van der Waals surface area (Å²) in [4.78, 5) is 12.8. The van der Waals surface area contributed by atoms with E-state index < -0.39 is 11.9 Å². The van der Waals surface area contributed by atoms with Crippen LogP contribution in [-0.4, -0.2) is 34.9 Å². The number of hydrogen-bond donors (Lipinski definition) is 1. The number of carbonyl (C=O) groups is 1. The van der Waals surface area contributed by atoms with Gasteiger partial charge < -0.3 is 10.0 Å².